The second-order valence-electron chi connectivity index (χ2n) is 7.22. The average Bonchev–Trinajstić information content (AvgIpc) is 3.30. The van der Waals surface area contributed by atoms with Crippen LogP contribution in [0.1, 0.15) is 41.7 Å². The third-order valence-electron chi connectivity index (χ3n) is 5.47. The Labute approximate surface area is 147 Å². The molecule has 0 radical (unpaired) electrons. The SMILES string of the molecule is Cc1ccc2[nH]nc(C(=O)N3CCC(C(=O)N4CCCC4)CC3)c2c1. The highest BCUT2D eigenvalue weighted by Gasteiger charge is 2.32. The number of H-pyrrole nitrogens is 1. The van der Waals surface area contributed by atoms with Crippen molar-refractivity contribution in [1.82, 2.24) is 20.0 Å². The first kappa shape index (κ1) is 16.1. The highest BCUT2D eigenvalue weighted by atomic mass is 16.2. The van der Waals surface area contributed by atoms with E-state index < -0.39 is 0 Å². The predicted octanol–water partition coefficient (Wildman–Crippen LogP) is 2.35. The van der Waals surface area contributed by atoms with Gasteiger partial charge in [0.05, 0.1) is 5.52 Å². The van der Waals surface area contributed by atoms with Crippen molar-refractivity contribution in [3.63, 3.8) is 0 Å². The molecule has 2 saturated heterocycles. The smallest absolute Gasteiger partial charge is 0.274 e. The zero-order valence-corrected chi connectivity index (χ0v) is 14.6. The quantitative estimate of drug-likeness (QED) is 0.912. The topological polar surface area (TPSA) is 69.3 Å². The molecule has 1 N–H and O–H groups in total. The molecule has 2 fully saturated rings. The van der Waals surface area contributed by atoms with Gasteiger partial charge in [-0.15, -0.1) is 0 Å². The third kappa shape index (κ3) is 3.01. The van der Waals surface area contributed by atoms with Gasteiger partial charge in [-0.25, -0.2) is 0 Å². The molecule has 0 spiro atoms. The highest BCUT2D eigenvalue weighted by molar-refractivity contribution is 6.04. The number of hydrogen-bond donors (Lipinski definition) is 1. The van der Waals surface area contributed by atoms with E-state index in [-0.39, 0.29) is 17.7 Å². The number of aromatic amines is 1. The van der Waals surface area contributed by atoms with Crippen molar-refractivity contribution in [1.29, 1.82) is 0 Å². The molecule has 1 aromatic heterocycles. The molecule has 25 heavy (non-hydrogen) atoms. The third-order valence-corrected chi connectivity index (χ3v) is 5.47. The van der Waals surface area contributed by atoms with Gasteiger partial charge < -0.3 is 9.80 Å². The number of amides is 2. The van der Waals surface area contributed by atoms with Crippen molar-refractivity contribution in [2.45, 2.75) is 32.6 Å². The Kier molecular flexibility index (Phi) is 4.19. The number of likely N-dealkylation sites (tertiary alicyclic amines) is 2. The minimum absolute atomic E-state index is 0.0380. The lowest BCUT2D eigenvalue weighted by molar-refractivity contribution is -0.135. The first-order valence-corrected chi connectivity index (χ1v) is 9.16. The maximum atomic E-state index is 12.9. The number of rotatable bonds is 2. The van der Waals surface area contributed by atoms with Crippen molar-refractivity contribution in [2.75, 3.05) is 26.2 Å². The number of carbonyl (C=O) groups excluding carboxylic acids is 2. The summed E-state index contributed by atoms with van der Waals surface area (Å²) >= 11 is 0. The summed E-state index contributed by atoms with van der Waals surface area (Å²) in [5, 5.41) is 8.05. The van der Waals surface area contributed by atoms with Gasteiger partial charge in [0.1, 0.15) is 0 Å². The molecular weight excluding hydrogens is 316 g/mol. The largest absolute Gasteiger partial charge is 0.342 e. The maximum Gasteiger partial charge on any atom is 0.274 e. The number of piperidine rings is 1. The first-order chi connectivity index (χ1) is 12.1. The second-order valence-corrected chi connectivity index (χ2v) is 7.22. The number of fused-ring (bicyclic) bond motifs is 1. The van der Waals surface area contributed by atoms with Crippen LogP contribution in [0.15, 0.2) is 18.2 Å². The Morgan fingerprint density at radius 3 is 2.52 bits per heavy atom. The number of aromatic nitrogens is 2. The summed E-state index contributed by atoms with van der Waals surface area (Å²) in [7, 11) is 0. The van der Waals surface area contributed by atoms with E-state index in [2.05, 4.69) is 10.2 Å². The van der Waals surface area contributed by atoms with E-state index in [9.17, 15) is 9.59 Å². The van der Waals surface area contributed by atoms with Gasteiger partial charge >= 0.3 is 0 Å². The van der Waals surface area contributed by atoms with Gasteiger partial charge in [0.15, 0.2) is 5.69 Å². The molecule has 3 heterocycles. The van der Waals surface area contributed by atoms with Gasteiger partial charge in [0.2, 0.25) is 5.91 Å². The van der Waals surface area contributed by atoms with E-state index in [1.165, 1.54) is 0 Å². The standard InChI is InChI=1S/C19H24N4O2/c1-13-4-5-16-15(12-13)17(21-20-16)19(25)23-10-6-14(7-11-23)18(24)22-8-2-3-9-22/h4-5,12,14H,2-3,6-11H2,1H3,(H,20,21). The van der Waals surface area contributed by atoms with Gasteiger partial charge in [0.25, 0.3) is 5.91 Å². The first-order valence-electron chi connectivity index (χ1n) is 9.16. The molecule has 6 nitrogen and oxygen atoms in total. The Balaban J connectivity index is 1.44. The molecule has 2 aliphatic rings. The molecule has 0 unspecified atom stereocenters. The van der Waals surface area contributed by atoms with Crippen molar-refractivity contribution in [3.8, 4) is 0 Å². The van der Waals surface area contributed by atoms with E-state index in [1.807, 2.05) is 34.9 Å². The van der Waals surface area contributed by atoms with Crippen LogP contribution in [0.5, 0.6) is 0 Å². The minimum Gasteiger partial charge on any atom is -0.342 e. The zero-order valence-electron chi connectivity index (χ0n) is 14.6. The molecule has 1 aromatic carbocycles. The van der Waals surface area contributed by atoms with Crippen LogP contribution in [-0.4, -0.2) is 58.0 Å². The fraction of sp³-hybridized carbons (Fsp3) is 0.526. The summed E-state index contributed by atoms with van der Waals surface area (Å²) in [4.78, 5) is 29.2. The van der Waals surface area contributed by atoms with Gasteiger partial charge in [-0.1, -0.05) is 11.6 Å². The molecule has 0 saturated carbocycles. The molecule has 0 atom stereocenters. The molecule has 4 rings (SSSR count). The summed E-state index contributed by atoms with van der Waals surface area (Å²) in [5.41, 5.74) is 2.48. The van der Waals surface area contributed by atoms with Gasteiger partial charge in [0, 0.05) is 37.5 Å². The van der Waals surface area contributed by atoms with Crippen LogP contribution in [0.25, 0.3) is 10.9 Å². The lowest BCUT2D eigenvalue weighted by Crippen LogP contribution is -2.43. The number of aryl methyl sites for hydroxylation is 1. The van der Waals surface area contributed by atoms with E-state index in [0.29, 0.717) is 18.8 Å². The van der Waals surface area contributed by atoms with E-state index >= 15 is 0 Å². The Morgan fingerprint density at radius 2 is 1.80 bits per heavy atom. The van der Waals surface area contributed by atoms with E-state index in [1.54, 1.807) is 0 Å². The van der Waals surface area contributed by atoms with Crippen LogP contribution < -0.4 is 0 Å². The highest BCUT2D eigenvalue weighted by Crippen LogP contribution is 2.25. The van der Waals surface area contributed by atoms with Crippen LogP contribution in [0, 0.1) is 12.8 Å². The van der Waals surface area contributed by atoms with Crippen LogP contribution in [0.4, 0.5) is 0 Å². The molecule has 0 aliphatic carbocycles. The molecule has 2 aliphatic heterocycles. The number of nitrogens with zero attached hydrogens (tertiary/aromatic N) is 3. The summed E-state index contributed by atoms with van der Waals surface area (Å²) in [5.74, 6) is 0.315. The molecule has 0 bridgehead atoms. The van der Waals surface area contributed by atoms with Crippen molar-refractivity contribution in [3.05, 3.63) is 29.5 Å². The molecular formula is C19H24N4O2. The van der Waals surface area contributed by atoms with Gasteiger partial charge in [-0.2, -0.15) is 5.10 Å². The van der Waals surface area contributed by atoms with Crippen LogP contribution in [0.3, 0.4) is 0 Å². The normalized spacial score (nSPS) is 18.9. The van der Waals surface area contributed by atoms with Crippen LogP contribution in [0.2, 0.25) is 0 Å². The van der Waals surface area contributed by atoms with E-state index in [0.717, 1.165) is 55.2 Å². The number of hydrogen-bond acceptors (Lipinski definition) is 3. The van der Waals surface area contributed by atoms with Crippen molar-refractivity contribution >= 4 is 22.7 Å². The van der Waals surface area contributed by atoms with Crippen LogP contribution in [-0.2, 0) is 4.79 Å². The summed E-state index contributed by atoms with van der Waals surface area (Å²) < 4.78 is 0. The summed E-state index contributed by atoms with van der Waals surface area (Å²) in [6, 6.07) is 5.95. The molecule has 2 aromatic rings. The summed E-state index contributed by atoms with van der Waals surface area (Å²) in [6.45, 7) is 5.07. The predicted molar refractivity (Wildman–Crippen MR) is 95.3 cm³/mol. The molecule has 2 amide bonds. The zero-order chi connectivity index (χ0) is 17.4. The number of carbonyl (C=O) groups is 2. The maximum absolute atomic E-state index is 12.9. The summed E-state index contributed by atoms with van der Waals surface area (Å²) in [6.07, 6.45) is 3.74. The lowest BCUT2D eigenvalue weighted by Gasteiger charge is -2.32. The number of nitrogens with one attached hydrogen (secondary N) is 1. The van der Waals surface area contributed by atoms with Crippen LogP contribution >= 0.6 is 0 Å². The molecule has 132 valence electrons. The monoisotopic (exact) mass is 340 g/mol. The van der Waals surface area contributed by atoms with Crippen molar-refractivity contribution in [2.24, 2.45) is 5.92 Å². The number of benzene rings is 1. The molecule has 6 heteroatoms. The Morgan fingerprint density at radius 1 is 1.08 bits per heavy atom. The second kappa shape index (κ2) is 6.50. The average molecular weight is 340 g/mol. The van der Waals surface area contributed by atoms with E-state index in [4.69, 9.17) is 0 Å². The lowest BCUT2D eigenvalue weighted by atomic mass is 9.95. The Bertz CT molecular complexity index is 799. The minimum atomic E-state index is -0.0380. The Hall–Kier alpha value is -2.37. The van der Waals surface area contributed by atoms with Gasteiger partial charge in [-0.3, -0.25) is 14.7 Å². The fourth-order valence-corrected chi connectivity index (χ4v) is 3.97. The van der Waals surface area contributed by atoms with Gasteiger partial charge in [-0.05, 0) is 44.7 Å². The van der Waals surface area contributed by atoms with Crippen molar-refractivity contribution < 1.29 is 9.59 Å². The fourth-order valence-electron chi connectivity index (χ4n) is 3.97.